The van der Waals surface area contributed by atoms with Gasteiger partial charge in [0.15, 0.2) is 12.0 Å². The number of thiazole rings is 1. The van der Waals surface area contributed by atoms with Crippen molar-refractivity contribution in [2.24, 2.45) is 0 Å². The molecule has 0 aliphatic carbocycles. The summed E-state index contributed by atoms with van der Waals surface area (Å²) in [5, 5.41) is 0. The van der Waals surface area contributed by atoms with E-state index in [0.29, 0.717) is 0 Å². The molecule has 1 aliphatic rings. The summed E-state index contributed by atoms with van der Waals surface area (Å²) in [4.78, 5) is 7.40. The fourth-order valence-corrected chi connectivity index (χ4v) is 3.05. The summed E-state index contributed by atoms with van der Waals surface area (Å²) in [6.07, 6.45) is 7.28. The monoisotopic (exact) mass is 316 g/mol. The second kappa shape index (κ2) is 6.83. The Morgan fingerprint density at radius 3 is 2.77 bits per heavy atom. The van der Waals surface area contributed by atoms with Gasteiger partial charge in [0, 0.05) is 18.3 Å². The van der Waals surface area contributed by atoms with Crippen LogP contribution in [0.15, 0.2) is 42.2 Å². The highest BCUT2D eigenvalue weighted by atomic mass is 32.1. The Morgan fingerprint density at radius 2 is 2.14 bits per heavy atom. The Labute approximate surface area is 135 Å². The van der Waals surface area contributed by atoms with Gasteiger partial charge in [-0.3, -0.25) is 4.98 Å². The summed E-state index contributed by atoms with van der Waals surface area (Å²) in [6.45, 7) is 2.20. The van der Waals surface area contributed by atoms with Crippen molar-refractivity contribution >= 4 is 22.8 Å². The van der Waals surface area contributed by atoms with Crippen LogP contribution in [0.3, 0.4) is 0 Å². The van der Waals surface area contributed by atoms with Gasteiger partial charge in [0.1, 0.15) is 5.75 Å². The summed E-state index contributed by atoms with van der Waals surface area (Å²) in [6, 6.07) is 8.08. The number of rotatable bonds is 6. The lowest BCUT2D eigenvalue weighted by atomic mass is 10.2. The Balaban J connectivity index is 1.85. The first kappa shape index (κ1) is 14.9. The van der Waals surface area contributed by atoms with E-state index >= 15 is 0 Å². The van der Waals surface area contributed by atoms with E-state index in [4.69, 9.17) is 9.47 Å². The SMILES string of the molecule is CCCCC1OC(c2cncs2)=CN1c1ccc(OC)cc1. The van der Waals surface area contributed by atoms with Crippen LogP contribution in [-0.4, -0.2) is 18.3 Å². The van der Waals surface area contributed by atoms with Crippen molar-refractivity contribution in [2.75, 3.05) is 12.0 Å². The molecule has 2 aromatic rings. The highest BCUT2D eigenvalue weighted by Gasteiger charge is 2.28. The first-order valence-electron chi connectivity index (χ1n) is 7.51. The molecular weight excluding hydrogens is 296 g/mol. The van der Waals surface area contributed by atoms with Crippen molar-refractivity contribution in [3.05, 3.63) is 47.0 Å². The highest BCUT2D eigenvalue weighted by molar-refractivity contribution is 7.10. The smallest absolute Gasteiger partial charge is 0.176 e. The van der Waals surface area contributed by atoms with Crippen LogP contribution < -0.4 is 9.64 Å². The summed E-state index contributed by atoms with van der Waals surface area (Å²) >= 11 is 1.60. The highest BCUT2D eigenvalue weighted by Crippen LogP contribution is 2.35. The van der Waals surface area contributed by atoms with E-state index < -0.39 is 0 Å². The first-order valence-corrected chi connectivity index (χ1v) is 8.39. The molecule has 0 saturated carbocycles. The molecule has 2 heterocycles. The number of aromatic nitrogens is 1. The van der Waals surface area contributed by atoms with Crippen LogP contribution in [0.1, 0.15) is 31.1 Å². The molecule has 0 radical (unpaired) electrons. The van der Waals surface area contributed by atoms with Gasteiger partial charge in [-0.2, -0.15) is 0 Å². The first-order chi connectivity index (χ1) is 10.8. The molecule has 3 rings (SSSR count). The van der Waals surface area contributed by atoms with Crippen LogP contribution in [0.2, 0.25) is 0 Å². The standard InChI is InChI=1S/C17H20N2O2S/c1-3-4-5-17-19(13-6-8-14(20-2)9-7-13)11-15(21-17)16-10-18-12-22-16/h6-12,17H,3-5H2,1-2H3. The number of hydrogen-bond donors (Lipinski definition) is 0. The number of benzene rings is 1. The average molecular weight is 316 g/mol. The molecule has 0 spiro atoms. The molecule has 116 valence electrons. The number of ether oxygens (including phenoxy) is 2. The fraction of sp³-hybridized carbons (Fsp3) is 0.353. The number of anilines is 1. The molecule has 4 nitrogen and oxygen atoms in total. The maximum atomic E-state index is 6.16. The minimum absolute atomic E-state index is 0.0467. The van der Waals surface area contributed by atoms with Crippen LogP contribution in [0.4, 0.5) is 5.69 Å². The van der Waals surface area contributed by atoms with E-state index in [1.54, 1.807) is 18.4 Å². The number of methoxy groups -OCH3 is 1. The van der Waals surface area contributed by atoms with E-state index in [1.165, 1.54) is 0 Å². The Bertz CT molecular complexity index is 623. The fourth-order valence-electron chi connectivity index (χ4n) is 2.47. The lowest BCUT2D eigenvalue weighted by Gasteiger charge is -2.24. The zero-order chi connectivity index (χ0) is 15.4. The lowest BCUT2D eigenvalue weighted by molar-refractivity contribution is 0.179. The van der Waals surface area contributed by atoms with Crippen molar-refractivity contribution in [2.45, 2.75) is 32.4 Å². The average Bonchev–Trinajstić information content (AvgIpc) is 3.22. The molecule has 0 fully saturated rings. The molecule has 1 aromatic carbocycles. The predicted octanol–water partition coefficient (Wildman–Crippen LogP) is 4.50. The van der Waals surface area contributed by atoms with E-state index in [-0.39, 0.29) is 6.23 Å². The van der Waals surface area contributed by atoms with Crippen molar-refractivity contribution in [3.63, 3.8) is 0 Å². The third kappa shape index (κ3) is 3.09. The molecule has 0 bridgehead atoms. The Hall–Kier alpha value is -2.01. The molecule has 5 heteroatoms. The maximum absolute atomic E-state index is 6.16. The van der Waals surface area contributed by atoms with Gasteiger partial charge in [-0.05, 0) is 30.7 Å². The summed E-state index contributed by atoms with van der Waals surface area (Å²) in [5.41, 5.74) is 2.94. The van der Waals surface area contributed by atoms with Crippen LogP contribution in [0.5, 0.6) is 5.75 Å². The molecule has 1 aliphatic heterocycles. The zero-order valence-electron chi connectivity index (χ0n) is 12.9. The Morgan fingerprint density at radius 1 is 1.32 bits per heavy atom. The third-order valence-corrected chi connectivity index (χ3v) is 4.47. The molecule has 1 atom stereocenters. The minimum atomic E-state index is 0.0467. The van der Waals surface area contributed by atoms with E-state index in [9.17, 15) is 0 Å². The van der Waals surface area contributed by atoms with E-state index in [0.717, 1.165) is 41.3 Å². The largest absolute Gasteiger partial charge is 0.497 e. The van der Waals surface area contributed by atoms with Gasteiger partial charge in [0.25, 0.3) is 0 Å². The van der Waals surface area contributed by atoms with E-state index in [1.807, 2.05) is 23.8 Å². The van der Waals surface area contributed by atoms with E-state index in [2.05, 4.69) is 35.1 Å². The number of unbranched alkanes of at least 4 members (excludes halogenated alkanes) is 1. The van der Waals surface area contributed by atoms with Crippen LogP contribution >= 0.6 is 11.3 Å². The molecule has 0 N–H and O–H groups in total. The van der Waals surface area contributed by atoms with Gasteiger partial charge in [-0.15, -0.1) is 11.3 Å². The summed E-state index contributed by atoms with van der Waals surface area (Å²) < 4.78 is 11.4. The van der Waals surface area contributed by atoms with Crippen molar-refractivity contribution in [3.8, 4) is 5.75 Å². The third-order valence-electron chi connectivity index (χ3n) is 3.68. The minimum Gasteiger partial charge on any atom is -0.497 e. The zero-order valence-corrected chi connectivity index (χ0v) is 13.7. The quantitative estimate of drug-likeness (QED) is 0.785. The summed E-state index contributed by atoms with van der Waals surface area (Å²) in [5.74, 6) is 1.76. The second-order valence-electron chi connectivity index (χ2n) is 5.18. The van der Waals surface area contributed by atoms with Crippen LogP contribution in [-0.2, 0) is 4.74 Å². The maximum Gasteiger partial charge on any atom is 0.176 e. The topological polar surface area (TPSA) is 34.6 Å². The van der Waals surface area contributed by atoms with Gasteiger partial charge < -0.3 is 14.4 Å². The van der Waals surface area contributed by atoms with Crippen LogP contribution in [0.25, 0.3) is 5.76 Å². The molecule has 0 saturated heterocycles. The van der Waals surface area contributed by atoms with Crippen molar-refractivity contribution < 1.29 is 9.47 Å². The normalized spacial score (nSPS) is 17.3. The molecular formula is C17H20N2O2S. The van der Waals surface area contributed by atoms with Gasteiger partial charge in [-0.1, -0.05) is 13.3 Å². The van der Waals surface area contributed by atoms with Gasteiger partial charge >= 0.3 is 0 Å². The molecule has 22 heavy (non-hydrogen) atoms. The van der Waals surface area contributed by atoms with Crippen molar-refractivity contribution in [1.29, 1.82) is 0 Å². The molecule has 1 unspecified atom stereocenters. The lowest BCUT2D eigenvalue weighted by Crippen LogP contribution is -2.27. The Kier molecular flexibility index (Phi) is 4.63. The summed E-state index contributed by atoms with van der Waals surface area (Å²) in [7, 11) is 1.68. The van der Waals surface area contributed by atoms with Gasteiger partial charge in [-0.25, -0.2) is 0 Å². The predicted molar refractivity (Wildman–Crippen MR) is 90.0 cm³/mol. The number of nitrogens with zero attached hydrogens (tertiary/aromatic N) is 2. The molecule has 1 aromatic heterocycles. The van der Waals surface area contributed by atoms with Crippen molar-refractivity contribution in [1.82, 2.24) is 4.98 Å². The molecule has 0 amide bonds. The van der Waals surface area contributed by atoms with Gasteiger partial charge in [0.05, 0.1) is 23.7 Å². The van der Waals surface area contributed by atoms with Gasteiger partial charge in [0.2, 0.25) is 0 Å². The van der Waals surface area contributed by atoms with Crippen LogP contribution in [0, 0.1) is 0 Å². The second-order valence-corrected chi connectivity index (χ2v) is 6.07. The number of hydrogen-bond acceptors (Lipinski definition) is 5.